The summed E-state index contributed by atoms with van der Waals surface area (Å²) in [6, 6.07) is 1.67. The first kappa shape index (κ1) is 18.5. The van der Waals surface area contributed by atoms with Crippen LogP contribution in [0.25, 0.3) is 0 Å². The van der Waals surface area contributed by atoms with E-state index in [0.29, 0.717) is 6.54 Å². The van der Waals surface area contributed by atoms with Crippen LogP contribution in [-0.4, -0.2) is 36.8 Å². The molecule has 1 unspecified atom stereocenters. The minimum atomic E-state index is -1.85. The first-order valence-corrected chi connectivity index (χ1v) is 10.4. The van der Waals surface area contributed by atoms with Crippen molar-refractivity contribution in [3.8, 4) is 0 Å². The van der Waals surface area contributed by atoms with E-state index in [2.05, 4.69) is 55.7 Å². The molecule has 0 aliphatic heterocycles. The van der Waals surface area contributed by atoms with Crippen LogP contribution in [-0.2, 0) is 4.43 Å². The number of nitrogens with one attached hydrogen (secondary N) is 1. The smallest absolute Gasteiger partial charge is 0.289 e. The Kier molecular flexibility index (Phi) is 6.02. The van der Waals surface area contributed by atoms with Crippen molar-refractivity contribution in [2.24, 2.45) is 0 Å². The number of aromatic nitrogens is 2. The summed E-state index contributed by atoms with van der Waals surface area (Å²) in [5.74, 6) is -0.144. The molecule has 0 aromatic carbocycles. The number of carbonyl (C=O) groups excluding carboxylic acids is 1. The summed E-state index contributed by atoms with van der Waals surface area (Å²) >= 11 is 0. The minimum absolute atomic E-state index is 0.0992. The summed E-state index contributed by atoms with van der Waals surface area (Å²) in [4.78, 5) is 19.7. The Morgan fingerprint density at radius 2 is 1.91 bits per heavy atom. The summed E-state index contributed by atoms with van der Waals surface area (Å²) in [7, 11) is -1.85. The van der Waals surface area contributed by atoms with Gasteiger partial charge in [-0.2, -0.15) is 0 Å². The van der Waals surface area contributed by atoms with Crippen LogP contribution in [0.15, 0.2) is 30.6 Å². The van der Waals surface area contributed by atoms with E-state index in [9.17, 15) is 4.79 Å². The number of hydrogen-bond donors (Lipinski definition) is 1. The highest BCUT2D eigenvalue weighted by Gasteiger charge is 2.38. The van der Waals surface area contributed by atoms with Gasteiger partial charge in [0.05, 0.1) is 6.10 Å². The lowest BCUT2D eigenvalue weighted by atomic mass is 10.2. The van der Waals surface area contributed by atoms with Crippen LogP contribution < -0.4 is 5.32 Å². The minimum Gasteiger partial charge on any atom is -0.411 e. The summed E-state index contributed by atoms with van der Waals surface area (Å²) < 4.78 is 6.26. The highest BCUT2D eigenvalue weighted by Crippen LogP contribution is 2.37. The summed E-state index contributed by atoms with van der Waals surface area (Å²) in [5, 5.41) is 2.92. The third-order valence-corrected chi connectivity index (χ3v) is 8.65. The van der Waals surface area contributed by atoms with E-state index in [-0.39, 0.29) is 22.9 Å². The second-order valence-electron chi connectivity index (χ2n) is 6.93. The van der Waals surface area contributed by atoms with Crippen molar-refractivity contribution in [2.75, 3.05) is 6.54 Å². The van der Waals surface area contributed by atoms with Crippen molar-refractivity contribution in [1.29, 1.82) is 0 Å². The van der Waals surface area contributed by atoms with Gasteiger partial charge in [0, 0.05) is 18.9 Å². The summed E-state index contributed by atoms with van der Waals surface area (Å²) in [6.45, 7) is 17.4. The SMILES string of the molecule is C=C(CNC(=O)c1ncccn1)C(C)O[Si](C)(C)C(C)(C)C. The third kappa shape index (κ3) is 5.03. The molecule has 6 heteroatoms. The summed E-state index contributed by atoms with van der Waals surface area (Å²) in [5.41, 5.74) is 0.842. The zero-order valence-corrected chi connectivity index (χ0v) is 15.4. The van der Waals surface area contributed by atoms with Crippen LogP contribution in [0.3, 0.4) is 0 Å². The Hall–Kier alpha value is -1.53. The second kappa shape index (κ2) is 7.15. The standard InChI is InChI=1S/C16H27N3O2Si/c1-12(13(2)21-22(6,7)16(3,4)5)11-19-15(20)14-17-9-8-10-18-14/h8-10,13H,1,11H2,2-7H3,(H,19,20). The lowest BCUT2D eigenvalue weighted by Gasteiger charge is -2.38. The van der Waals surface area contributed by atoms with E-state index in [4.69, 9.17) is 4.43 Å². The van der Waals surface area contributed by atoms with Crippen molar-refractivity contribution in [1.82, 2.24) is 15.3 Å². The van der Waals surface area contributed by atoms with Crippen molar-refractivity contribution < 1.29 is 9.22 Å². The molecule has 1 N–H and O–H groups in total. The molecule has 0 aliphatic rings. The lowest BCUT2D eigenvalue weighted by molar-refractivity contribution is 0.0944. The van der Waals surface area contributed by atoms with Crippen LogP contribution in [0.1, 0.15) is 38.3 Å². The molecular formula is C16H27N3O2Si. The maximum absolute atomic E-state index is 11.9. The van der Waals surface area contributed by atoms with Crippen LogP contribution >= 0.6 is 0 Å². The molecule has 1 aromatic heterocycles. The lowest BCUT2D eigenvalue weighted by Crippen LogP contribution is -2.44. The average molecular weight is 321 g/mol. The second-order valence-corrected chi connectivity index (χ2v) is 11.7. The molecule has 22 heavy (non-hydrogen) atoms. The average Bonchev–Trinajstić information content (AvgIpc) is 2.43. The molecule has 0 fully saturated rings. The highest BCUT2D eigenvalue weighted by molar-refractivity contribution is 6.74. The van der Waals surface area contributed by atoms with Crippen molar-refractivity contribution in [2.45, 2.75) is 51.9 Å². The number of carbonyl (C=O) groups is 1. The van der Waals surface area contributed by atoms with Gasteiger partial charge in [0.1, 0.15) is 0 Å². The van der Waals surface area contributed by atoms with Gasteiger partial charge in [-0.05, 0) is 36.7 Å². The topological polar surface area (TPSA) is 64.1 Å². The van der Waals surface area contributed by atoms with Crippen molar-refractivity contribution in [3.63, 3.8) is 0 Å². The van der Waals surface area contributed by atoms with Crippen molar-refractivity contribution >= 4 is 14.2 Å². The van der Waals surface area contributed by atoms with Gasteiger partial charge < -0.3 is 9.74 Å². The zero-order valence-electron chi connectivity index (χ0n) is 14.4. The van der Waals surface area contributed by atoms with Gasteiger partial charge in [0.15, 0.2) is 8.32 Å². The Bertz CT molecular complexity index is 524. The maximum atomic E-state index is 11.9. The molecule has 0 saturated heterocycles. The Labute approximate surface area is 134 Å². The molecular weight excluding hydrogens is 294 g/mol. The van der Waals surface area contributed by atoms with E-state index in [1.807, 2.05) is 6.92 Å². The molecule has 0 saturated carbocycles. The van der Waals surface area contributed by atoms with Gasteiger partial charge in [-0.25, -0.2) is 9.97 Å². The predicted molar refractivity (Wildman–Crippen MR) is 91.2 cm³/mol. The molecule has 0 spiro atoms. The fourth-order valence-corrected chi connectivity index (χ4v) is 2.94. The van der Waals surface area contributed by atoms with Gasteiger partial charge >= 0.3 is 0 Å². The first-order chi connectivity index (χ1) is 10.0. The van der Waals surface area contributed by atoms with Crippen LogP contribution in [0.4, 0.5) is 0 Å². The van der Waals surface area contributed by atoms with Crippen LogP contribution in [0, 0.1) is 0 Å². The van der Waals surface area contributed by atoms with Gasteiger partial charge in [-0.3, -0.25) is 4.79 Å². The van der Waals surface area contributed by atoms with Crippen LogP contribution in [0.5, 0.6) is 0 Å². The molecule has 122 valence electrons. The van der Waals surface area contributed by atoms with Crippen LogP contribution in [0.2, 0.25) is 18.1 Å². The largest absolute Gasteiger partial charge is 0.411 e. The molecule has 0 bridgehead atoms. The highest BCUT2D eigenvalue weighted by atomic mass is 28.4. The third-order valence-electron chi connectivity index (χ3n) is 4.10. The molecule has 1 rings (SSSR count). The normalized spacial score (nSPS) is 13.5. The van der Waals surface area contributed by atoms with E-state index in [1.54, 1.807) is 18.5 Å². The first-order valence-electron chi connectivity index (χ1n) is 7.45. The monoisotopic (exact) mass is 321 g/mol. The number of rotatable bonds is 6. The molecule has 1 aromatic rings. The fraction of sp³-hybridized carbons (Fsp3) is 0.562. The van der Waals surface area contributed by atoms with E-state index in [1.165, 1.54) is 0 Å². The zero-order chi connectivity index (χ0) is 17.0. The Balaban J connectivity index is 2.54. The predicted octanol–water partition coefficient (Wildman–Crippen LogP) is 3.17. The van der Waals surface area contributed by atoms with E-state index >= 15 is 0 Å². The van der Waals surface area contributed by atoms with Crippen molar-refractivity contribution in [3.05, 3.63) is 36.4 Å². The quantitative estimate of drug-likeness (QED) is 0.645. The van der Waals surface area contributed by atoms with E-state index < -0.39 is 8.32 Å². The Morgan fingerprint density at radius 3 is 2.41 bits per heavy atom. The molecule has 1 atom stereocenters. The van der Waals surface area contributed by atoms with E-state index in [0.717, 1.165) is 5.57 Å². The molecule has 5 nitrogen and oxygen atoms in total. The van der Waals surface area contributed by atoms with Gasteiger partial charge in [0.2, 0.25) is 5.82 Å². The summed E-state index contributed by atoms with van der Waals surface area (Å²) in [6.07, 6.45) is 2.98. The van der Waals surface area contributed by atoms with Gasteiger partial charge in [-0.1, -0.05) is 27.4 Å². The number of amides is 1. The number of nitrogens with zero attached hydrogens (tertiary/aromatic N) is 2. The Morgan fingerprint density at radius 1 is 1.36 bits per heavy atom. The van der Waals surface area contributed by atoms with Gasteiger partial charge in [-0.15, -0.1) is 0 Å². The van der Waals surface area contributed by atoms with Gasteiger partial charge in [0.25, 0.3) is 5.91 Å². The molecule has 0 radical (unpaired) electrons. The number of hydrogen-bond acceptors (Lipinski definition) is 4. The fourth-order valence-electron chi connectivity index (χ4n) is 1.53. The molecule has 1 heterocycles. The maximum Gasteiger partial charge on any atom is 0.289 e. The molecule has 0 aliphatic carbocycles. The molecule has 1 amide bonds.